The fourth-order valence-electron chi connectivity index (χ4n) is 1.74. The van der Waals surface area contributed by atoms with Gasteiger partial charge in [0.15, 0.2) is 15.8 Å². The largest absolute Gasteiger partial charge is 0.353 e. The molecule has 0 bridgehead atoms. The van der Waals surface area contributed by atoms with Gasteiger partial charge in [-0.1, -0.05) is 0 Å². The van der Waals surface area contributed by atoms with E-state index in [2.05, 4.69) is 15.6 Å². The number of aliphatic imine (C=N–C) groups is 1. The van der Waals surface area contributed by atoms with Crippen LogP contribution in [0.3, 0.4) is 0 Å². The molecule has 80 valence electrons. The first kappa shape index (κ1) is 9.76. The van der Waals surface area contributed by atoms with E-state index in [-0.39, 0.29) is 11.8 Å². The Morgan fingerprint density at radius 2 is 2.36 bits per heavy atom. The summed E-state index contributed by atoms with van der Waals surface area (Å²) >= 11 is 0. The maximum absolute atomic E-state index is 11.2. The van der Waals surface area contributed by atoms with E-state index in [1.54, 1.807) is 0 Å². The van der Waals surface area contributed by atoms with Gasteiger partial charge in [-0.05, 0) is 13.3 Å². The molecular formula is C8H15N3O2S. The van der Waals surface area contributed by atoms with E-state index in [0.717, 1.165) is 12.5 Å². The van der Waals surface area contributed by atoms with Crippen LogP contribution in [0, 0.1) is 0 Å². The highest BCUT2D eigenvalue weighted by molar-refractivity contribution is 7.91. The third kappa shape index (κ3) is 2.17. The van der Waals surface area contributed by atoms with Gasteiger partial charge in [0.05, 0.1) is 18.1 Å². The Morgan fingerprint density at radius 1 is 1.57 bits per heavy atom. The summed E-state index contributed by atoms with van der Waals surface area (Å²) in [4.78, 5) is 4.23. The average molecular weight is 217 g/mol. The number of nitrogens with zero attached hydrogens (tertiary/aromatic N) is 1. The van der Waals surface area contributed by atoms with Gasteiger partial charge in [-0.25, -0.2) is 8.42 Å². The summed E-state index contributed by atoms with van der Waals surface area (Å²) in [6.45, 7) is 2.81. The first-order chi connectivity index (χ1) is 6.55. The Kier molecular flexibility index (Phi) is 2.38. The summed E-state index contributed by atoms with van der Waals surface area (Å²) in [5.74, 6) is 1.29. The topological polar surface area (TPSA) is 70.6 Å². The minimum absolute atomic E-state index is 0.0385. The zero-order valence-corrected chi connectivity index (χ0v) is 8.97. The number of rotatable bonds is 1. The van der Waals surface area contributed by atoms with E-state index in [1.807, 2.05) is 6.92 Å². The molecule has 14 heavy (non-hydrogen) atoms. The Bertz CT molecular complexity index is 350. The molecule has 1 fully saturated rings. The smallest absolute Gasteiger partial charge is 0.191 e. The summed E-state index contributed by atoms with van der Waals surface area (Å²) < 4.78 is 22.4. The zero-order valence-electron chi connectivity index (χ0n) is 8.16. The third-order valence-corrected chi connectivity index (χ3v) is 4.25. The fourth-order valence-corrected chi connectivity index (χ4v) is 3.42. The van der Waals surface area contributed by atoms with Crippen LogP contribution in [-0.2, 0) is 9.84 Å². The van der Waals surface area contributed by atoms with E-state index in [1.165, 1.54) is 0 Å². The maximum atomic E-state index is 11.2. The van der Waals surface area contributed by atoms with Crippen LogP contribution >= 0.6 is 0 Å². The molecule has 2 unspecified atom stereocenters. The van der Waals surface area contributed by atoms with Gasteiger partial charge >= 0.3 is 0 Å². The summed E-state index contributed by atoms with van der Waals surface area (Å²) in [5, 5.41) is 6.28. The van der Waals surface area contributed by atoms with Gasteiger partial charge in [-0.15, -0.1) is 0 Å². The second-order valence-electron chi connectivity index (χ2n) is 3.98. The molecule has 0 aromatic rings. The molecule has 0 aromatic heterocycles. The Hall–Kier alpha value is -0.780. The van der Waals surface area contributed by atoms with Crippen LogP contribution < -0.4 is 10.6 Å². The standard InChI is InChI=1S/C8H15N3O2S/c1-6-4-9-8(10-6)11-7-2-3-14(12,13)5-7/h6-7H,2-5H2,1H3,(H2,9,10,11). The maximum Gasteiger partial charge on any atom is 0.191 e. The minimum Gasteiger partial charge on any atom is -0.353 e. The third-order valence-electron chi connectivity index (χ3n) is 2.48. The predicted molar refractivity (Wildman–Crippen MR) is 55.1 cm³/mol. The van der Waals surface area contributed by atoms with Crippen molar-refractivity contribution >= 4 is 15.8 Å². The van der Waals surface area contributed by atoms with Gasteiger partial charge in [0.25, 0.3) is 0 Å². The van der Waals surface area contributed by atoms with Crippen LogP contribution in [0.5, 0.6) is 0 Å². The van der Waals surface area contributed by atoms with Gasteiger partial charge in [-0.2, -0.15) is 0 Å². The summed E-state index contributed by atoms with van der Waals surface area (Å²) in [6, 6.07) is 0.395. The van der Waals surface area contributed by atoms with Crippen LogP contribution in [0.4, 0.5) is 0 Å². The number of hydrogen-bond acceptors (Lipinski definition) is 5. The molecule has 1 saturated heterocycles. The molecule has 2 rings (SSSR count). The summed E-state index contributed by atoms with van der Waals surface area (Å²) in [7, 11) is -2.80. The molecule has 2 atom stereocenters. The van der Waals surface area contributed by atoms with E-state index in [0.29, 0.717) is 18.2 Å². The van der Waals surface area contributed by atoms with E-state index in [9.17, 15) is 8.42 Å². The van der Waals surface area contributed by atoms with Crippen molar-refractivity contribution in [2.24, 2.45) is 4.99 Å². The first-order valence-corrected chi connectivity index (χ1v) is 6.65. The van der Waals surface area contributed by atoms with Crippen molar-refractivity contribution in [1.29, 1.82) is 0 Å². The zero-order chi connectivity index (χ0) is 10.2. The molecule has 6 heteroatoms. The summed E-state index contributed by atoms with van der Waals surface area (Å²) in [6.07, 6.45) is 0.692. The summed E-state index contributed by atoms with van der Waals surface area (Å²) in [5.41, 5.74) is 0. The van der Waals surface area contributed by atoms with Gasteiger partial charge in [0.2, 0.25) is 0 Å². The van der Waals surface area contributed by atoms with Gasteiger partial charge in [0.1, 0.15) is 0 Å². The minimum atomic E-state index is -2.80. The lowest BCUT2D eigenvalue weighted by molar-refractivity contribution is 0.599. The lowest BCUT2D eigenvalue weighted by atomic mass is 10.3. The number of guanidine groups is 1. The van der Waals surface area contributed by atoms with Crippen LogP contribution in [0.2, 0.25) is 0 Å². The molecule has 2 aliphatic rings. The van der Waals surface area contributed by atoms with Crippen molar-refractivity contribution in [2.75, 3.05) is 18.1 Å². The van der Waals surface area contributed by atoms with Gasteiger partial charge < -0.3 is 10.6 Å². The lowest BCUT2D eigenvalue weighted by Crippen LogP contribution is -2.43. The first-order valence-electron chi connectivity index (χ1n) is 4.83. The number of sulfone groups is 1. The quantitative estimate of drug-likeness (QED) is 0.598. The van der Waals surface area contributed by atoms with Crippen LogP contribution in [0.25, 0.3) is 0 Å². The molecule has 0 aliphatic carbocycles. The molecule has 2 heterocycles. The van der Waals surface area contributed by atoms with E-state index < -0.39 is 9.84 Å². The van der Waals surface area contributed by atoms with E-state index in [4.69, 9.17) is 0 Å². The molecule has 0 radical (unpaired) electrons. The van der Waals surface area contributed by atoms with Gasteiger partial charge in [0, 0.05) is 12.1 Å². The molecule has 5 nitrogen and oxygen atoms in total. The second-order valence-corrected chi connectivity index (χ2v) is 6.21. The highest BCUT2D eigenvalue weighted by atomic mass is 32.2. The second kappa shape index (κ2) is 3.42. The average Bonchev–Trinajstić information content (AvgIpc) is 2.59. The van der Waals surface area contributed by atoms with Crippen molar-refractivity contribution < 1.29 is 8.42 Å². The molecule has 0 saturated carbocycles. The molecule has 2 aliphatic heterocycles. The normalized spacial score (nSPS) is 35.1. The van der Waals surface area contributed by atoms with Gasteiger partial charge in [-0.3, -0.25) is 4.99 Å². The molecule has 0 aromatic carbocycles. The number of hydrogen-bond donors (Lipinski definition) is 2. The van der Waals surface area contributed by atoms with Crippen LogP contribution in [-0.4, -0.2) is 44.5 Å². The van der Waals surface area contributed by atoms with Crippen molar-refractivity contribution in [3.05, 3.63) is 0 Å². The van der Waals surface area contributed by atoms with E-state index >= 15 is 0 Å². The molecule has 2 N–H and O–H groups in total. The van der Waals surface area contributed by atoms with Crippen molar-refractivity contribution in [1.82, 2.24) is 10.6 Å². The Balaban J connectivity index is 1.88. The molecule has 0 spiro atoms. The highest BCUT2D eigenvalue weighted by Crippen LogP contribution is 2.11. The molecule has 0 amide bonds. The lowest BCUT2D eigenvalue weighted by Gasteiger charge is -2.13. The SMILES string of the molecule is CC1CN=C(NC2CCS(=O)(=O)C2)N1. The monoisotopic (exact) mass is 217 g/mol. The van der Waals surface area contributed by atoms with Crippen LogP contribution in [0.1, 0.15) is 13.3 Å². The van der Waals surface area contributed by atoms with Crippen LogP contribution in [0.15, 0.2) is 4.99 Å². The Labute approximate surface area is 83.9 Å². The van der Waals surface area contributed by atoms with Crippen molar-refractivity contribution in [3.8, 4) is 0 Å². The Morgan fingerprint density at radius 3 is 2.86 bits per heavy atom. The fraction of sp³-hybridized carbons (Fsp3) is 0.875. The highest BCUT2D eigenvalue weighted by Gasteiger charge is 2.29. The number of nitrogens with one attached hydrogen (secondary N) is 2. The predicted octanol–water partition coefficient (Wildman–Crippen LogP) is -0.889. The van der Waals surface area contributed by atoms with Crippen molar-refractivity contribution in [3.63, 3.8) is 0 Å². The molecular weight excluding hydrogens is 202 g/mol. The van der Waals surface area contributed by atoms with Crippen molar-refractivity contribution in [2.45, 2.75) is 25.4 Å².